The predicted octanol–water partition coefficient (Wildman–Crippen LogP) is 7.21. The molecule has 3 aromatic carbocycles. The first-order chi connectivity index (χ1) is 16.0. The highest BCUT2D eigenvalue weighted by Gasteiger charge is 2.14. The summed E-state index contributed by atoms with van der Waals surface area (Å²) in [6.45, 7) is 6.42. The molecule has 168 valence electrons. The average molecular weight is 474 g/mol. The molecule has 0 fully saturated rings. The topological polar surface area (TPSA) is 20.2 Å². The number of hydrogen-bond acceptors (Lipinski definition) is 1. The number of rotatable bonds is 7. The normalized spacial score (nSPS) is 10.8. The molecule has 0 aliphatic carbocycles. The summed E-state index contributed by atoms with van der Waals surface area (Å²) >= 11 is 12.0. The van der Waals surface area contributed by atoms with Crippen LogP contribution < -0.4 is 5.32 Å². The highest BCUT2D eigenvalue weighted by Crippen LogP contribution is 2.18. The first-order valence-electron chi connectivity index (χ1n) is 11.0. The third-order valence-electron chi connectivity index (χ3n) is 5.52. The maximum Gasteiger partial charge on any atom is 0.174 e. The zero-order valence-corrected chi connectivity index (χ0v) is 20.5. The zero-order chi connectivity index (χ0) is 23.2. The van der Waals surface area contributed by atoms with Crippen LogP contribution >= 0.6 is 23.8 Å². The Morgan fingerprint density at radius 1 is 0.848 bits per heavy atom. The van der Waals surface area contributed by atoms with Crippen molar-refractivity contribution in [1.29, 1.82) is 0 Å². The molecule has 0 aliphatic heterocycles. The van der Waals surface area contributed by atoms with E-state index < -0.39 is 0 Å². The van der Waals surface area contributed by atoms with Gasteiger partial charge in [0.1, 0.15) is 0 Å². The van der Waals surface area contributed by atoms with E-state index in [0.717, 1.165) is 23.8 Å². The van der Waals surface area contributed by atoms with Crippen LogP contribution in [0.5, 0.6) is 0 Å². The summed E-state index contributed by atoms with van der Waals surface area (Å²) in [6.07, 6.45) is 2.12. The standard InChI is InChI=1S/C28H28ClN3S/c1-21-15-22(2)17-26(16-21)30-28(33)32(19-23-7-4-3-5-8-23)20-27-9-6-14-31(27)18-24-10-12-25(29)13-11-24/h3-17H,18-20H2,1-2H3,(H,30,33). The lowest BCUT2D eigenvalue weighted by Gasteiger charge is -2.27. The summed E-state index contributed by atoms with van der Waals surface area (Å²) in [5, 5.41) is 4.93. The molecule has 0 unspecified atom stereocenters. The second-order valence-electron chi connectivity index (χ2n) is 8.40. The molecule has 0 spiro atoms. The first kappa shape index (κ1) is 23.1. The lowest BCUT2D eigenvalue weighted by Crippen LogP contribution is -2.34. The van der Waals surface area contributed by atoms with Gasteiger partial charge < -0.3 is 14.8 Å². The Kier molecular flexibility index (Phi) is 7.48. The van der Waals surface area contributed by atoms with Crippen LogP contribution in [-0.4, -0.2) is 14.6 Å². The van der Waals surface area contributed by atoms with E-state index in [1.165, 1.54) is 27.9 Å². The summed E-state index contributed by atoms with van der Waals surface area (Å²) in [4.78, 5) is 2.22. The molecule has 1 aromatic heterocycles. The largest absolute Gasteiger partial charge is 0.345 e. The molecule has 0 radical (unpaired) electrons. The highest BCUT2D eigenvalue weighted by atomic mass is 35.5. The summed E-state index contributed by atoms with van der Waals surface area (Å²) in [5.41, 5.74) is 7.08. The number of nitrogens with one attached hydrogen (secondary N) is 1. The van der Waals surface area contributed by atoms with Gasteiger partial charge in [-0.15, -0.1) is 0 Å². The van der Waals surface area contributed by atoms with Gasteiger partial charge in [0, 0.05) is 35.7 Å². The van der Waals surface area contributed by atoms with Crippen LogP contribution in [0.1, 0.15) is 27.9 Å². The Morgan fingerprint density at radius 2 is 1.55 bits per heavy atom. The number of aryl methyl sites for hydroxylation is 2. The molecular formula is C28H28ClN3S. The SMILES string of the molecule is Cc1cc(C)cc(NC(=S)N(Cc2ccccc2)Cc2cccn2Cc2ccc(Cl)cc2)c1. The zero-order valence-electron chi connectivity index (χ0n) is 19.0. The highest BCUT2D eigenvalue weighted by molar-refractivity contribution is 7.80. The van der Waals surface area contributed by atoms with Crippen molar-refractivity contribution in [2.45, 2.75) is 33.5 Å². The van der Waals surface area contributed by atoms with Crippen LogP contribution in [0.2, 0.25) is 5.02 Å². The van der Waals surface area contributed by atoms with Crippen molar-refractivity contribution < 1.29 is 0 Å². The number of anilines is 1. The minimum Gasteiger partial charge on any atom is -0.345 e. The van der Waals surface area contributed by atoms with Crippen molar-refractivity contribution in [3.05, 3.63) is 124 Å². The lowest BCUT2D eigenvalue weighted by atomic mass is 10.1. The number of nitrogens with zero attached hydrogens (tertiary/aromatic N) is 2. The summed E-state index contributed by atoms with van der Waals surface area (Å²) in [6, 6.07) is 29.1. The van der Waals surface area contributed by atoms with Crippen molar-refractivity contribution >= 4 is 34.6 Å². The number of halogens is 1. The molecule has 5 heteroatoms. The molecule has 3 nitrogen and oxygen atoms in total. The molecular weight excluding hydrogens is 446 g/mol. The second-order valence-corrected chi connectivity index (χ2v) is 9.23. The van der Waals surface area contributed by atoms with Crippen LogP contribution in [0.3, 0.4) is 0 Å². The smallest absolute Gasteiger partial charge is 0.174 e. The number of hydrogen-bond donors (Lipinski definition) is 1. The number of thiocarbonyl (C=S) groups is 1. The minimum atomic E-state index is 0.701. The van der Waals surface area contributed by atoms with Gasteiger partial charge in [0.2, 0.25) is 0 Å². The number of benzene rings is 3. The molecule has 33 heavy (non-hydrogen) atoms. The van der Waals surface area contributed by atoms with E-state index in [1.807, 2.05) is 18.2 Å². The lowest BCUT2D eigenvalue weighted by molar-refractivity contribution is 0.399. The van der Waals surface area contributed by atoms with E-state index in [0.29, 0.717) is 11.7 Å². The third-order valence-corrected chi connectivity index (χ3v) is 6.13. The fourth-order valence-corrected chi connectivity index (χ4v) is 4.35. The average Bonchev–Trinajstić information content (AvgIpc) is 3.21. The van der Waals surface area contributed by atoms with E-state index in [1.54, 1.807) is 0 Å². The van der Waals surface area contributed by atoms with Crippen LogP contribution in [0.25, 0.3) is 0 Å². The maximum atomic E-state index is 6.06. The Balaban J connectivity index is 1.56. The molecule has 0 saturated heterocycles. The van der Waals surface area contributed by atoms with Gasteiger partial charge in [-0.1, -0.05) is 60.1 Å². The Labute approximate surface area is 206 Å². The van der Waals surface area contributed by atoms with E-state index >= 15 is 0 Å². The number of aromatic nitrogens is 1. The van der Waals surface area contributed by atoms with Gasteiger partial charge in [-0.3, -0.25) is 0 Å². The molecule has 4 rings (SSSR count). The molecule has 0 bridgehead atoms. The van der Waals surface area contributed by atoms with E-state index in [9.17, 15) is 0 Å². The Bertz CT molecular complexity index is 1200. The first-order valence-corrected chi connectivity index (χ1v) is 11.8. The molecule has 1 heterocycles. The fraction of sp³-hybridized carbons (Fsp3) is 0.179. The van der Waals surface area contributed by atoms with E-state index in [2.05, 4.69) is 102 Å². The monoisotopic (exact) mass is 473 g/mol. The molecule has 1 N–H and O–H groups in total. The predicted molar refractivity (Wildman–Crippen MR) is 143 cm³/mol. The quantitative estimate of drug-likeness (QED) is 0.286. The molecule has 0 amide bonds. The van der Waals surface area contributed by atoms with Crippen LogP contribution in [0.4, 0.5) is 5.69 Å². The molecule has 4 aromatic rings. The summed E-state index contributed by atoms with van der Waals surface area (Å²) in [5.74, 6) is 0. The van der Waals surface area contributed by atoms with Gasteiger partial charge in [-0.05, 0) is 84.7 Å². The van der Waals surface area contributed by atoms with Gasteiger partial charge >= 0.3 is 0 Å². The minimum absolute atomic E-state index is 0.701. The Hall–Kier alpha value is -3.08. The van der Waals surface area contributed by atoms with Crippen molar-refractivity contribution in [2.75, 3.05) is 5.32 Å². The van der Waals surface area contributed by atoms with Crippen molar-refractivity contribution in [3.63, 3.8) is 0 Å². The van der Waals surface area contributed by atoms with Crippen LogP contribution in [-0.2, 0) is 19.6 Å². The molecule has 0 atom stereocenters. The van der Waals surface area contributed by atoms with Crippen molar-refractivity contribution in [2.24, 2.45) is 0 Å². The third kappa shape index (κ3) is 6.47. The van der Waals surface area contributed by atoms with Gasteiger partial charge in [0.25, 0.3) is 0 Å². The van der Waals surface area contributed by atoms with Crippen molar-refractivity contribution in [3.8, 4) is 0 Å². The van der Waals surface area contributed by atoms with Crippen LogP contribution in [0, 0.1) is 13.8 Å². The molecule has 0 saturated carbocycles. The van der Waals surface area contributed by atoms with E-state index in [-0.39, 0.29) is 0 Å². The van der Waals surface area contributed by atoms with Crippen LogP contribution in [0.15, 0.2) is 91.1 Å². The maximum absolute atomic E-state index is 6.06. The van der Waals surface area contributed by atoms with E-state index in [4.69, 9.17) is 23.8 Å². The second kappa shape index (κ2) is 10.7. The van der Waals surface area contributed by atoms with Gasteiger partial charge in [-0.25, -0.2) is 0 Å². The summed E-state index contributed by atoms with van der Waals surface area (Å²) < 4.78 is 2.26. The van der Waals surface area contributed by atoms with Gasteiger partial charge in [0.15, 0.2) is 5.11 Å². The summed E-state index contributed by atoms with van der Waals surface area (Å²) in [7, 11) is 0. The Morgan fingerprint density at radius 3 is 2.24 bits per heavy atom. The van der Waals surface area contributed by atoms with Gasteiger partial charge in [0.05, 0.1) is 6.54 Å². The fourth-order valence-electron chi connectivity index (χ4n) is 3.98. The van der Waals surface area contributed by atoms with Gasteiger partial charge in [-0.2, -0.15) is 0 Å². The van der Waals surface area contributed by atoms with Crippen molar-refractivity contribution in [1.82, 2.24) is 9.47 Å². The molecule has 0 aliphatic rings.